The zero-order valence-electron chi connectivity index (χ0n) is 21.1. The van der Waals surface area contributed by atoms with Crippen molar-refractivity contribution in [1.29, 1.82) is 0 Å². The van der Waals surface area contributed by atoms with Crippen LogP contribution in [0.2, 0.25) is 0 Å². The summed E-state index contributed by atoms with van der Waals surface area (Å²) in [4.78, 5) is 34.2. The van der Waals surface area contributed by atoms with Gasteiger partial charge >= 0.3 is 0 Å². The van der Waals surface area contributed by atoms with Gasteiger partial charge in [0.2, 0.25) is 0 Å². The summed E-state index contributed by atoms with van der Waals surface area (Å²) in [5.74, 6) is 0.301. The van der Waals surface area contributed by atoms with Crippen molar-refractivity contribution in [3.05, 3.63) is 94.0 Å². The van der Waals surface area contributed by atoms with Crippen LogP contribution in [0.1, 0.15) is 42.3 Å². The van der Waals surface area contributed by atoms with E-state index in [0.717, 1.165) is 16.7 Å². The molecule has 4 N–H and O–H groups in total. The van der Waals surface area contributed by atoms with Gasteiger partial charge in [-0.15, -0.1) is 0 Å². The highest BCUT2D eigenvalue weighted by molar-refractivity contribution is 6.05. The van der Waals surface area contributed by atoms with Crippen molar-refractivity contribution in [2.45, 2.75) is 33.1 Å². The smallest absolute Gasteiger partial charge is 0.293 e. The second-order valence-corrected chi connectivity index (χ2v) is 9.74. The van der Waals surface area contributed by atoms with E-state index in [-0.39, 0.29) is 22.7 Å². The molecule has 2 aromatic carbocycles. The molecule has 0 saturated carbocycles. The molecule has 8 nitrogen and oxygen atoms in total. The Morgan fingerprint density at radius 1 is 1.06 bits per heavy atom. The number of aromatic nitrogens is 3. The van der Waals surface area contributed by atoms with Crippen LogP contribution in [0.3, 0.4) is 0 Å². The van der Waals surface area contributed by atoms with Crippen LogP contribution >= 0.6 is 0 Å². The number of carbonyl (C=O) groups excluding carboxylic acids is 1. The minimum Gasteiger partial charge on any atom is -0.384 e. The summed E-state index contributed by atoms with van der Waals surface area (Å²) >= 11 is 0. The van der Waals surface area contributed by atoms with Gasteiger partial charge in [-0.3, -0.25) is 9.59 Å². The Labute approximate surface area is 210 Å². The lowest BCUT2D eigenvalue weighted by molar-refractivity contribution is 0.102. The van der Waals surface area contributed by atoms with E-state index in [1.807, 2.05) is 49.4 Å². The Bertz CT molecular complexity index is 1480. The molecule has 0 aliphatic carbocycles. The third-order valence-electron chi connectivity index (χ3n) is 5.99. The van der Waals surface area contributed by atoms with E-state index in [1.165, 1.54) is 4.57 Å². The van der Waals surface area contributed by atoms with Crippen molar-refractivity contribution in [1.82, 2.24) is 14.5 Å². The number of benzene rings is 2. The highest BCUT2D eigenvalue weighted by Gasteiger charge is 2.16. The summed E-state index contributed by atoms with van der Waals surface area (Å²) in [6.07, 6.45) is 3.23. The first-order valence-electron chi connectivity index (χ1n) is 11.6. The highest BCUT2D eigenvalue weighted by atomic mass is 16.1. The number of nitrogens with one attached hydrogen (secondary N) is 2. The second kappa shape index (κ2) is 9.65. The molecule has 0 saturated heterocycles. The number of carbonyl (C=O) groups is 1. The van der Waals surface area contributed by atoms with Crippen LogP contribution in [-0.2, 0) is 12.5 Å². The molecule has 4 aromatic rings. The number of hydrogen-bond acceptors (Lipinski definition) is 6. The average Bonchev–Trinajstić information content (AvgIpc) is 2.83. The molecule has 0 spiro atoms. The van der Waals surface area contributed by atoms with Crippen LogP contribution in [-0.4, -0.2) is 20.4 Å². The van der Waals surface area contributed by atoms with Crippen LogP contribution in [0.15, 0.2) is 71.8 Å². The maximum absolute atomic E-state index is 13.0. The number of hydrogen-bond donors (Lipinski definition) is 3. The highest BCUT2D eigenvalue weighted by Crippen LogP contribution is 2.29. The fraction of sp³-hybridized carbons (Fsp3) is 0.214. The van der Waals surface area contributed by atoms with Crippen LogP contribution < -0.4 is 21.9 Å². The SMILES string of the molecule is Cc1c(NC(=O)c2ccc(C(C)(C)C)cc2)cccc1-c1cn(C)c(=O)c(Nc2ccnc(N)c2)n1. The minimum absolute atomic E-state index is 0.0143. The van der Waals surface area contributed by atoms with Gasteiger partial charge in [0.25, 0.3) is 11.5 Å². The maximum Gasteiger partial charge on any atom is 0.293 e. The molecular formula is C28H30N6O2. The van der Waals surface area contributed by atoms with Crippen molar-refractivity contribution in [2.24, 2.45) is 7.05 Å². The molecule has 2 aromatic heterocycles. The lowest BCUT2D eigenvalue weighted by Gasteiger charge is -2.19. The first kappa shape index (κ1) is 24.7. The van der Waals surface area contributed by atoms with Gasteiger partial charge in [-0.2, -0.15) is 0 Å². The van der Waals surface area contributed by atoms with Crippen LogP contribution in [0.25, 0.3) is 11.3 Å². The van der Waals surface area contributed by atoms with Crippen molar-refractivity contribution in [3.8, 4) is 11.3 Å². The van der Waals surface area contributed by atoms with E-state index >= 15 is 0 Å². The summed E-state index contributed by atoms with van der Waals surface area (Å²) in [7, 11) is 1.67. The predicted molar refractivity (Wildman–Crippen MR) is 145 cm³/mol. The molecule has 8 heteroatoms. The molecule has 1 amide bonds. The summed E-state index contributed by atoms with van der Waals surface area (Å²) in [6, 6.07) is 16.6. The van der Waals surface area contributed by atoms with Gasteiger partial charge in [0.15, 0.2) is 5.82 Å². The fourth-order valence-electron chi connectivity index (χ4n) is 3.84. The summed E-state index contributed by atoms with van der Waals surface area (Å²) in [5.41, 5.74) is 10.7. The normalized spacial score (nSPS) is 11.2. The Kier molecular flexibility index (Phi) is 6.61. The Morgan fingerprint density at radius 2 is 1.78 bits per heavy atom. The maximum atomic E-state index is 13.0. The van der Waals surface area contributed by atoms with E-state index in [4.69, 9.17) is 5.73 Å². The molecule has 0 bridgehead atoms. The Balaban J connectivity index is 1.63. The van der Waals surface area contributed by atoms with Gasteiger partial charge in [0.05, 0.1) is 5.69 Å². The van der Waals surface area contributed by atoms with E-state index in [9.17, 15) is 9.59 Å². The van der Waals surface area contributed by atoms with Gasteiger partial charge in [-0.1, -0.05) is 45.0 Å². The van der Waals surface area contributed by atoms with Gasteiger partial charge in [-0.05, 0) is 47.7 Å². The number of anilines is 4. The molecule has 184 valence electrons. The lowest BCUT2D eigenvalue weighted by atomic mass is 9.86. The monoisotopic (exact) mass is 482 g/mol. The van der Waals surface area contributed by atoms with Crippen LogP contribution in [0, 0.1) is 6.92 Å². The Hall–Kier alpha value is -4.46. The van der Waals surface area contributed by atoms with Crippen molar-refractivity contribution in [3.63, 3.8) is 0 Å². The van der Waals surface area contributed by atoms with Gasteiger partial charge in [0, 0.05) is 48.0 Å². The molecule has 4 rings (SSSR count). The third-order valence-corrected chi connectivity index (χ3v) is 5.99. The van der Waals surface area contributed by atoms with Gasteiger partial charge < -0.3 is 20.9 Å². The molecule has 2 heterocycles. The molecule has 0 aliphatic heterocycles. The van der Waals surface area contributed by atoms with Crippen LogP contribution in [0.4, 0.5) is 23.0 Å². The fourth-order valence-corrected chi connectivity index (χ4v) is 3.84. The quantitative estimate of drug-likeness (QED) is 0.368. The van der Waals surface area contributed by atoms with Crippen molar-refractivity contribution in [2.75, 3.05) is 16.4 Å². The zero-order chi connectivity index (χ0) is 26.0. The van der Waals surface area contributed by atoms with Crippen molar-refractivity contribution >= 4 is 28.9 Å². The summed E-state index contributed by atoms with van der Waals surface area (Å²) in [6.45, 7) is 8.32. The van der Waals surface area contributed by atoms with Gasteiger partial charge in [0.1, 0.15) is 5.82 Å². The summed E-state index contributed by atoms with van der Waals surface area (Å²) in [5, 5.41) is 6.04. The third kappa shape index (κ3) is 5.27. The molecule has 0 aliphatic rings. The van der Waals surface area contributed by atoms with Crippen molar-refractivity contribution < 1.29 is 4.79 Å². The first-order valence-corrected chi connectivity index (χ1v) is 11.6. The summed E-state index contributed by atoms with van der Waals surface area (Å²) < 4.78 is 1.47. The molecular weight excluding hydrogens is 452 g/mol. The molecule has 0 atom stereocenters. The minimum atomic E-state index is -0.282. The second-order valence-electron chi connectivity index (χ2n) is 9.74. The number of rotatable bonds is 5. The number of nitrogens with two attached hydrogens (primary N) is 1. The number of nitrogens with zero attached hydrogens (tertiary/aromatic N) is 3. The number of amides is 1. The zero-order valence-corrected chi connectivity index (χ0v) is 21.1. The van der Waals surface area contributed by atoms with Crippen LogP contribution in [0.5, 0.6) is 0 Å². The number of aryl methyl sites for hydroxylation is 1. The molecule has 0 unspecified atom stereocenters. The van der Waals surface area contributed by atoms with E-state index in [0.29, 0.717) is 28.5 Å². The van der Waals surface area contributed by atoms with E-state index in [1.54, 1.807) is 31.6 Å². The molecule has 36 heavy (non-hydrogen) atoms. The average molecular weight is 483 g/mol. The molecule has 0 fully saturated rings. The standard InChI is InChI=1S/C28H30N6O2/c1-17-21(23-16-34(5)27(36)25(32-23)31-20-13-14-30-24(29)15-20)7-6-8-22(17)33-26(35)18-9-11-19(12-10-18)28(2,3)4/h6-16H,1-5H3,(H,33,35)(H3,29,30,31,32). The topological polar surface area (TPSA) is 115 Å². The largest absolute Gasteiger partial charge is 0.384 e. The first-order chi connectivity index (χ1) is 17.0. The van der Waals surface area contributed by atoms with E-state index < -0.39 is 0 Å². The molecule has 0 radical (unpaired) electrons. The number of nitrogen functional groups attached to an aromatic ring is 1. The Morgan fingerprint density at radius 3 is 2.44 bits per heavy atom. The van der Waals surface area contributed by atoms with E-state index in [2.05, 4.69) is 41.4 Å². The lowest BCUT2D eigenvalue weighted by Crippen LogP contribution is -2.21. The number of pyridine rings is 1. The predicted octanol–water partition coefficient (Wildman–Crippen LogP) is 5.03. The van der Waals surface area contributed by atoms with Gasteiger partial charge in [-0.25, -0.2) is 9.97 Å².